The van der Waals surface area contributed by atoms with Gasteiger partial charge in [-0.15, -0.1) is 0 Å². The first-order chi connectivity index (χ1) is 8.88. The molecule has 0 saturated carbocycles. The zero-order valence-corrected chi connectivity index (χ0v) is 11.6. The number of hydrogen-bond donors (Lipinski definition) is 1. The van der Waals surface area contributed by atoms with Gasteiger partial charge in [-0.2, -0.15) is 0 Å². The third kappa shape index (κ3) is 2.84. The summed E-state index contributed by atoms with van der Waals surface area (Å²) in [6.07, 6.45) is 0. The van der Waals surface area contributed by atoms with Crippen molar-refractivity contribution < 1.29 is 8.78 Å². The Hall–Kier alpha value is -1.69. The SMILES string of the molecule is Cc1nc(Sc2cc(F)cc(F)c2N)nc(C)c1C. The topological polar surface area (TPSA) is 51.8 Å². The number of benzene rings is 1. The van der Waals surface area contributed by atoms with E-state index in [4.69, 9.17) is 5.73 Å². The minimum atomic E-state index is -0.775. The molecule has 100 valence electrons. The number of hydrogen-bond acceptors (Lipinski definition) is 4. The quantitative estimate of drug-likeness (QED) is 0.677. The standard InChI is InChI=1S/C13H13F2N3S/c1-6-7(2)17-13(18-8(6)3)19-11-5-9(14)4-10(15)12(11)16/h4-5H,16H2,1-3H3. The fraction of sp³-hybridized carbons (Fsp3) is 0.231. The maximum Gasteiger partial charge on any atom is 0.192 e. The van der Waals surface area contributed by atoms with E-state index in [-0.39, 0.29) is 10.6 Å². The molecule has 0 spiro atoms. The summed E-state index contributed by atoms with van der Waals surface area (Å²) in [4.78, 5) is 8.84. The first-order valence-electron chi connectivity index (χ1n) is 5.62. The summed E-state index contributed by atoms with van der Waals surface area (Å²) in [5, 5.41) is 0.428. The van der Waals surface area contributed by atoms with Crippen LogP contribution in [0, 0.1) is 32.4 Å². The van der Waals surface area contributed by atoms with E-state index in [2.05, 4.69) is 9.97 Å². The molecule has 0 radical (unpaired) electrons. The van der Waals surface area contributed by atoms with E-state index in [0.29, 0.717) is 5.16 Å². The molecule has 0 aliphatic rings. The molecule has 0 unspecified atom stereocenters. The number of aryl methyl sites for hydroxylation is 2. The van der Waals surface area contributed by atoms with Gasteiger partial charge in [-0.25, -0.2) is 18.7 Å². The molecule has 0 saturated heterocycles. The van der Waals surface area contributed by atoms with Crippen LogP contribution < -0.4 is 5.73 Å². The molecule has 0 fully saturated rings. The van der Waals surface area contributed by atoms with Gasteiger partial charge in [0.1, 0.15) is 11.6 Å². The van der Waals surface area contributed by atoms with E-state index >= 15 is 0 Å². The molecule has 2 N–H and O–H groups in total. The van der Waals surface area contributed by atoms with Crippen molar-refractivity contribution in [1.29, 1.82) is 0 Å². The molecule has 0 aliphatic carbocycles. The molecule has 3 nitrogen and oxygen atoms in total. The van der Waals surface area contributed by atoms with E-state index in [9.17, 15) is 8.78 Å². The van der Waals surface area contributed by atoms with Crippen LogP contribution in [0.2, 0.25) is 0 Å². The van der Waals surface area contributed by atoms with Gasteiger partial charge in [-0.1, -0.05) is 0 Å². The van der Waals surface area contributed by atoms with Crippen LogP contribution in [0.1, 0.15) is 17.0 Å². The van der Waals surface area contributed by atoms with Gasteiger partial charge in [0.05, 0.1) is 5.69 Å². The summed E-state index contributed by atoms with van der Waals surface area (Å²) in [5.74, 6) is -1.45. The van der Waals surface area contributed by atoms with Crippen molar-refractivity contribution in [1.82, 2.24) is 9.97 Å². The highest BCUT2D eigenvalue weighted by molar-refractivity contribution is 7.99. The van der Waals surface area contributed by atoms with Gasteiger partial charge < -0.3 is 5.73 Å². The van der Waals surface area contributed by atoms with Crippen molar-refractivity contribution in [3.63, 3.8) is 0 Å². The molecule has 2 rings (SSSR count). The van der Waals surface area contributed by atoms with Crippen molar-refractivity contribution >= 4 is 17.4 Å². The molecule has 6 heteroatoms. The number of nitrogen functional groups attached to an aromatic ring is 1. The largest absolute Gasteiger partial charge is 0.395 e. The molecule has 1 heterocycles. The molecule has 0 aliphatic heterocycles. The summed E-state index contributed by atoms with van der Waals surface area (Å²) in [5.41, 5.74) is 8.17. The number of halogens is 2. The Morgan fingerprint density at radius 1 is 1.05 bits per heavy atom. The molecule has 0 atom stereocenters. The fourth-order valence-electron chi connectivity index (χ4n) is 1.53. The van der Waals surface area contributed by atoms with Crippen LogP contribution >= 0.6 is 11.8 Å². The number of aromatic nitrogens is 2. The molecular formula is C13H13F2N3S. The van der Waals surface area contributed by atoms with Crippen molar-refractivity contribution in [2.45, 2.75) is 30.8 Å². The normalized spacial score (nSPS) is 10.8. The smallest absolute Gasteiger partial charge is 0.192 e. The van der Waals surface area contributed by atoms with Gasteiger partial charge in [0.25, 0.3) is 0 Å². The molecule has 0 bridgehead atoms. The van der Waals surface area contributed by atoms with Gasteiger partial charge in [0.15, 0.2) is 5.16 Å². The van der Waals surface area contributed by atoms with Crippen LogP contribution in [0.25, 0.3) is 0 Å². The maximum atomic E-state index is 13.3. The Morgan fingerprint density at radius 2 is 1.63 bits per heavy atom. The number of anilines is 1. The predicted molar refractivity (Wildman–Crippen MR) is 71.1 cm³/mol. The molecule has 0 amide bonds. The molecular weight excluding hydrogens is 268 g/mol. The zero-order valence-electron chi connectivity index (χ0n) is 10.8. The molecule has 2 aromatic rings. The van der Waals surface area contributed by atoms with E-state index in [1.807, 2.05) is 20.8 Å². The lowest BCUT2D eigenvalue weighted by Gasteiger charge is -2.08. The Bertz CT molecular complexity index is 621. The lowest BCUT2D eigenvalue weighted by atomic mass is 10.2. The second-order valence-corrected chi connectivity index (χ2v) is 5.21. The average molecular weight is 281 g/mol. The number of nitrogens with zero attached hydrogens (tertiary/aromatic N) is 2. The van der Waals surface area contributed by atoms with Crippen LogP contribution in [0.3, 0.4) is 0 Å². The minimum Gasteiger partial charge on any atom is -0.395 e. The van der Waals surface area contributed by atoms with E-state index in [1.165, 1.54) is 6.07 Å². The zero-order chi connectivity index (χ0) is 14.2. The predicted octanol–water partition coefficient (Wildman–Crippen LogP) is 3.41. The second-order valence-electron chi connectivity index (χ2n) is 4.20. The van der Waals surface area contributed by atoms with Gasteiger partial charge in [-0.3, -0.25) is 0 Å². The summed E-state index contributed by atoms with van der Waals surface area (Å²) in [6, 6.07) is 1.93. The van der Waals surface area contributed by atoms with Crippen molar-refractivity contribution in [3.8, 4) is 0 Å². The lowest BCUT2D eigenvalue weighted by molar-refractivity contribution is 0.581. The summed E-state index contributed by atoms with van der Waals surface area (Å²) < 4.78 is 26.5. The molecule has 19 heavy (non-hydrogen) atoms. The van der Waals surface area contributed by atoms with Crippen molar-refractivity contribution in [2.24, 2.45) is 0 Å². The highest BCUT2D eigenvalue weighted by atomic mass is 32.2. The number of rotatable bonds is 2. The van der Waals surface area contributed by atoms with Crippen molar-refractivity contribution in [3.05, 3.63) is 40.7 Å². The first kappa shape index (κ1) is 13.7. The number of nitrogens with two attached hydrogens (primary N) is 1. The third-order valence-corrected chi connectivity index (χ3v) is 3.79. The summed E-state index contributed by atoms with van der Waals surface area (Å²) in [6.45, 7) is 5.66. The summed E-state index contributed by atoms with van der Waals surface area (Å²) >= 11 is 1.05. The van der Waals surface area contributed by atoms with E-state index in [0.717, 1.165) is 34.8 Å². The van der Waals surface area contributed by atoms with Crippen LogP contribution in [0.5, 0.6) is 0 Å². The average Bonchev–Trinajstić information content (AvgIpc) is 2.32. The summed E-state index contributed by atoms with van der Waals surface area (Å²) in [7, 11) is 0. The molecule has 1 aromatic carbocycles. The monoisotopic (exact) mass is 281 g/mol. The minimum absolute atomic E-state index is 0.0918. The van der Waals surface area contributed by atoms with Crippen LogP contribution in [-0.2, 0) is 0 Å². The highest BCUT2D eigenvalue weighted by Crippen LogP contribution is 2.32. The second kappa shape index (κ2) is 5.13. The molecule has 1 aromatic heterocycles. The van der Waals surface area contributed by atoms with E-state index < -0.39 is 11.6 Å². The van der Waals surface area contributed by atoms with Gasteiger partial charge in [-0.05, 0) is 44.2 Å². The van der Waals surface area contributed by atoms with Gasteiger partial charge in [0, 0.05) is 22.3 Å². The van der Waals surface area contributed by atoms with Crippen molar-refractivity contribution in [2.75, 3.05) is 5.73 Å². The van der Waals surface area contributed by atoms with Crippen LogP contribution in [0.4, 0.5) is 14.5 Å². The Morgan fingerprint density at radius 3 is 2.21 bits per heavy atom. The first-order valence-corrected chi connectivity index (χ1v) is 6.44. The Kier molecular flexibility index (Phi) is 3.71. The lowest BCUT2D eigenvalue weighted by Crippen LogP contribution is -2.00. The van der Waals surface area contributed by atoms with Crippen LogP contribution in [0.15, 0.2) is 22.2 Å². The van der Waals surface area contributed by atoms with Gasteiger partial charge >= 0.3 is 0 Å². The fourth-order valence-corrected chi connectivity index (χ4v) is 2.47. The highest BCUT2D eigenvalue weighted by Gasteiger charge is 2.12. The van der Waals surface area contributed by atoms with E-state index in [1.54, 1.807) is 0 Å². The third-order valence-electron chi connectivity index (χ3n) is 2.87. The Labute approximate surface area is 114 Å². The maximum absolute atomic E-state index is 13.3. The Balaban J connectivity index is 2.42. The van der Waals surface area contributed by atoms with Gasteiger partial charge in [0.2, 0.25) is 0 Å². The van der Waals surface area contributed by atoms with Crippen LogP contribution in [-0.4, -0.2) is 9.97 Å².